The van der Waals surface area contributed by atoms with Crippen LogP contribution in [0.25, 0.3) is 0 Å². The zero-order valence-electron chi connectivity index (χ0n) is 5.91. The van der Waals surface area contributed by atoms with E-state index in [9.17, 15) is 0 Å². The highest BCUT2D eigenvalue weighted by molar-refractivity contribution is 5.53. The van der Waals surface area contributed by atoms with E-state index in [0.29, 0.717) is 0 Å². The molecule has 0 unspecified atom stereocenters. The molecule has 0 aliphatic carbocycles. The molecule has 12 heavy (non-hydrogen) atoms. The molecule has 0 heterocycles. The molecule has 0 amide bonds. The van der Waals surface area contributed by atoms with Crippen LogP contribution in [0.15, 0.2) is 0 Å². The summed E-state index contributed by atoms with van der Waals surface area (Å²) in [7, 11) is 0. The van der Waals surface area contributed by atoms with E-state index in [1.54, 1.807) is 0 Å². The van der Waals surface area contributed by atoms with Crippen molar-refractivity contribution in [3.05, 3.63) is 0 Å². The van der Waals surface area contributed by atoms with E-state index >= 15 is 0 Å². The van der Waals surface area contributed by atoms with E-state index in [1.807, 2.05) is 0 Å². The van der Waals surface area contributed by atoms with Gasteiger partial charge in [0.1, 0.15) is 0 Å². The molecule has 0 fully saturated rings. The summed E-state index contributed by atoms with van der Waals surface area (Å²) in [5.74, 6) is 16.0. The maximum Gasteiger partial charge on any atom is 0.503 e. The molecule has 0 radical (unpaired) electrons. The Kier molecular flexibility index (Phi) is 64.2. The summed E-state index contributed by atoms with van der Waals surface area (Å²) < 4.78 is 0. The quantitative estimate of drug-likeness (QED) is 0.155. The van der Waals surface area contributed by atoms with Crippen LogP contribution in [0.5, 0.6) is 0 Å². The molecule has 12 N–H and O–H groups in total. The van der Waals surface area contributed by atoms with Gasteiger partial charge in [-0.1, -0.05) is 0 Å². The lowest BCUT2D eigenvalue weighted by atomic mass is 11.5. The SMILES string of the molecule is NN.NN.O=C(O)O.O=C(O)O. The Morgan fingerprint density at radius 2 is 0.667 bits per heavy atom. The Balaban J connectivity index is -0.0000000380. The second-order valence-corrected chi connectivity index (χ2v) is 0.565. The van der Waals surface area contributed by atoms with Crippen LogP contribution < -0.4 is 23.4 Å². The van der Waals surface area contributed by atoms with Crippen LogP contribution in [0, 0.1) is 0 Å². The number of hydrogen-bond donors (Lipinski definition) is 8. The van der Waals surface area contributed by atoms with Crippen molar-refractivity contribution in [1.29, 1.82) is 0 Å². The van der Waals surface area contributed by atoms with E-state index in [-0.39, 0.29) is 0 Å². The molecule has 10 heteroatoms. The fourth-order valence-electron chi connectivity index (χ4n) is 0. The molecule has 76 valence electrons. The third kappa shape index (κ3) is 174. The second-order valence-electron chi connectivity index (χ2n) is 0.565. The molecule has 0 aromatic carbocycles. The highest BCUT2D eigenvalue weighted by Crippen LogP contribution is 1.43. The molecule has 0 rings (SSSR count). The Labute approximate surface area is 66.9 Å². The highest BCUT2D eigenvalue weighted by Gasteiger charge is 1.70. The zero-order valence-corrected chi connectivity index (χ0v) is 5.91. The van der Waals surface area contributed by atoms with Gasteiger partial charge in [0.15, 0.2) is 0 Å². The average Bonchev–Trinajstić information content (AvgIpc) is 1.93. The molecule has 0 aliphatic heterocycles. The summed E-state index contributed by atoms with van der Waals surface area (Å²) in [6.45, 7) is 0. The molecule has 0 aromatic heterocycles. The smallest absolute Gasteiger partial charge is 0.450 e. The van der Waals surface area contributed by atoms with E-state index < -0.39 is 12.3 Å². The highest BCUT2D eigenvalue weighted by atomic mass is 16.6. The molecule has 0 aromatic rings. The van der Waals surface area contributed by atoms with Crippen LogP contribution in [0.4, 0.5) is 9.59 Å². The van der Waals surface area contributed by atoms with Gasteiger partial charge in [0.2, 0.25) is 0 Å². The van der Waals surface area contributed by atoms with Gasteiger partial charge < -0.3 is 20.4 Å². The van der Waals surface area contributed by atoms with Crippen molar-refractivity contribution in [3.8, 4) is 0 Å². The van der Waals surface area contributed by atoms with E-state index in [0.717, 1.165) is 0 Å². The molecular weight excluding hydrogens is 176 g/mol. The van der Waals surface area contributed by atoms with Gasteiger partial charge in [-0.3, -0.25) is 23.4 Å². The van der Waals surface area contributed by atoms with Crippen LogP contribution >= 0.6 is 0 Å². The fourth-order valence-corrected chi connectivity index (χ4v) is 0. The van der Waals surface area contributed by atoms with E-state index in [4.69, 9.17) is 30.0 Å². The summed E-state index contributed by atoms with van der Waals surface area (Å²) >= 11 is 0. The summed E-state index contributed by atoms with van der Waals surface area (Å²) in [6, 6.07) is 0. The van der Waals surface area contributed by atoms with Gasteiger partial charge in [-0.05, 0) is 0 Å². The zero-order chi connectivity index (χ0) is 11.2. The minimum absolute atomic E-state index is 1.83. The Bertz CT molecular complexity index is 75.5. The first-order valence-corrected chi connectivity index (χ1v) is 1.97. The molecule has 0 bridgehead atoms. The van der Waals surface area contributed by atoms with Gasteiger partial charge in [-0.15, -0.1) is 0 Å². The lowest BCUT2D eigenvalue weighted by molar-refractivity contribution is 0.135. The third-order valence-electron chi connectivity index (χ3n) is 0. The first-order valence-electron chi connectivity index (χ1n) is 1.97. The van der Waals surface area contributed by atoms with Crippen molar-refractivity contribution in [2.24, 2.45) is 23.4 Å². The third-order valence-corrected chi connectivity index (χ3v) is 0. The monoisotopic (exact) mass is 188 g/mol. The van der Waals surface area contributed by atoms with Crippen LogP contribution in [0.3, 0.4) is 0 Å². The first-order chi connectivity index (χ1) is 5.46. The topological polar surface area (TPSA) is 219 Å². The number of hydrazine groups is 2. The fraction of sp³-hybridized carbons (Fsp3) is 0. The van der Waals surface area contributed by atoms with Gasteiger partial charge >= 0.3 is 12.3 Å². The second kappa shape index (κ2) is 34.3. The summed E-state index contributed by atoms with van der Waals surface area (Å²) in [4.78, 5) is 17.1. The van der Waals surface area contributed by atoms with Crippen LogP contribution in [-0.2, 0) is 0 Å². The molecule has 10 nitrogen and oxygen atoms in total. The first kappa shape index (κ1) is 22.4. The van der Waals surface area contributed by atoms with E-state index in [1.165, 1.54) is 0 Å². The van der Waals surface area contributed by atoms with Crippen molar-refractivity contribution >= 4 is 12.3 Å². The maximum absolute atomic E-state index is 8.56. The maximum atomic E-state index is 8.56. The number of nitrogens with two attached hydrogens (primary N) is 4. The molecule has 0 aliphatic rings. The summed E-state index contributed by atoms with van der Waals surface area (Å²) in [6.07, 6.45) is -3.67. The molecule has 0 saturated heterocycles. The van der Waals surface area contributed by atoms with Crippen LogP contribution in [0.2, 0.25) is 0 Å². The van der Waals surface area contributed by atoms with Crippen LogP contribution in [-0.4, -0.2) is 32.7 Å². The molecule has 0 atom stereocenters. The van der Waals surface area contributed by atoms with Crippen molar-refractivity contribution in [3.63, 3.8) is 0 Å². The van der Waals surface area contributed by atoms with Crippen LogP contribution in [0.1, 0.15) is 0 Å². The van der Waals surface area contributed by atoms with Crippen molar-refractivity contribution < 1.29 is 30.0 Å². The standard InChI is InChI=1S/2CH2O3.2H4N2/c2*2-1(3)4;2*1-2/h2*(H2,2,3,4);2*1-2H2. The number of carboxylic acid groups (broad SMARTS) is 4. The van der Waals surface area contributed by atoms with Crippen molar-refractivity contribution in [2.75, 3.05) is 0 Å². The number of hydrogen-bond acceptors (Lipinski definition) is 6. The van der Waals surface area contributed by atoms with Gasteiger partial charge in [-0.2, -0.15) is 0 Å². The average molecular weight is 188 g/mol. The summed E-state index contributed by atoms with van der Waals surface area (Å²) in [5.41, 5.74) is 0. The Morgan fingerprint density at radius 3 is 0.667 bits per heavy atom. The van der Waals surface area contributed by atoms with Crippen molar-refractivity contribution in [1.82, 2.24) is 0 Å². The van der Waals surface area contributed by atoms with Gasteiger partial charge in [0.05, 0.1) is 0 Å². The Hall–Kier alpha value is -1.62. The number of rotatable bonds is 0. The van der Waals surface area contributed by atoms with Gasteiger partial charge in [-0.25, -0.2) is 9.59 Å². The molecule has 0 spiro atoms. The molecule has 0 saturated carbocycles. The lowest BCUT2D eigenvalue weighted by Crippen LogP contribution is -2.02. The minimum Gasteiger partial charge on any atom is -0.450 e. The lowest BCUT2D eigenvalue weighted by Gasteiger charge is -1.60. The molecular formula is C2H12N4O6. The predicted molar refractivity (Wildman–Crippen MR) is 38.1 cm³/mol. The van der Waals surface area contributed by atoms with E-state index in [2.05, 4.69) is 23.4 Å². The predicted octanol–water partition coefficient (Wildman–Crippen LogP) is -1.92. The van der Waals surface area contributed by atoms with Gasteiger partial charge in [0, 0.05) is 0 Å². The van der Waals surface area contributed by atoms with Gasteiger partial charge in [0.25, 0.3) is 0 Å². The number of carbonyl (C=O) groups is 2. The summed E-state index contributed by atoms with van der Waals surface area (Å²) in [5, 5.41) is 27.9. The normalized spacial score (nSPS) is 5.00. The largest absolute Gasteiger partial charge is 0.503 e. The minimum atomic E-state index is -1.83. The van der Waals surface area contributed by atoms with Crippen molar-refractivity contribution in [2.45, 2.75) is 0 Å². The Morgan fingerprint density at radius 1 is 0.667 bits per heavy atom.